The summed E-state index contributed by atoms with van der Waals surface area (Å²) < 4.78 is 37.2. The van der Waals surface area contributed by atoms with Gasteiger partial charge in [0.1, 0.15) is 0 Å². The molecule has 5 heteroatoms. The summed E-state index contributed by atoms with van der Waals surface area (Å²) in [5, 5.41) is 0.449. The number of allylic oxidation sites excluding steroid dienone is 1. The Morgan fingerprint density at radius 1 is 1.20 bits per heavy atom. The molecule has 1 aromatic carbocycles. The van der Waals surface area contributed by atoms with Crippen molar-refractivity contribution in [2.24, 2.45) is 0 Å². The monoisotopic (exact) mass is 296 g/mol. The quantitative estimate of drug-likeness (QED) is 0.792. The summed E-state index contributed by atoms with van der Waals surface area (Å²) in [6.45, 7) is 0. The van der Waals surface area contributed by atoms with Crippen molar-refractivity contribution in [1.82, 2.24) is 4.98 Å². The molecule has 0 N–H and O–H groups in total. The van der Waals surface area contributed by atoms with Gasteiger partial charge in [0.25, 0.3) is 0 Å². The standard InChI is InChI=1S/C15H10ClF3N/c16-13-4-2-10-20-14(13)5-1-3-11-6-8-12(9-7-11)15(17,18)19/h1-3,6-10H,5H2. The Balaban J connectivity index is 2.04. The minimum Gasteiger partial charge on any atom is -0.259 e. The molecule has 0 atom stereocenters. The molecule has 2 aromatic rings. The molecular formula is C15H10ClF3N. The number of alkyl halides is 3. The van der Waals surface area contributed by atoms with E-state index in [-0.39, 0.29) is 0 Å². The molecule has 0 aliphatic heterocycles. The highest BCUT2D eigenvalue weighted by Crippen LogP contribution is 2.29. The van der Waals surface area contributed by atoms with Gasteiger partial charge in [-0.25, -0.2) is 0 Å². The van der Waals surface area contributed by atoms with E-state index < -0.39 is 11.7 Å². The van der Waals surface area contributed by atoms with E-state index in [1.165, 1.54) is 12.1 Å². The van der Waals surface area contributed by atoms with Gasteiger partial charge in [-0.1, -0.05) is 35.9 Å². The Hall–Kier alpha value is -1.81. The number of rotatable bonds is 3. The summed E-state index contributed by atoms with van der Waals surface area (Å²) in [5.74, 6) is 0. The van der Waals surface area contributed by atoms with Gasteiger partial charge in [-0.15, -0.1) is 0 Å². The van der Waals surface area contributed by atoms with Gasteiger partial charge < -0.3 is 0 Å². The number of benzene rings is 1. The molecule has 103 valence electrons. The van der Waals surface area contributed by atoms with Gasteiger partial charge in [-0.2, -0.15) is 13.2 Å². The fraction of sp³-hybridized carbons (Fsp3) is 0.133. The number of pyridine rings is 1. The van der Waals surface area contributed by atoms with Gasteiger partial charge in [-0.3, -0.25) is 4.98 Å². The summed E-state index contributed by atoms with van der Waals surface area (Å²) in [5.41, 5.74) is 0.711. The van der Waals surface area contributed by atoms with E-state index in [4.69, 9.17) is 11.6 Å². The first-order valence-electron chi connectivity index (χ1n) is 5.81. The molecule has 0 bridgehead atoms. The van der Waals surface area contributed by atoms with E-state index >= 15 is 0 Å². The van der Waals surface area contributed by atoms with Crippen LogP contribution >= 0.6 is 11.6 Å². The van der Waals surface area contributed by atoms with E-state index in [1.807, 2.05) is 0 Å². The van der Waals surface area contributed by atoms with Gasteiger partial charge in [0.05, 0.1) is 16.3 Å². The van der Waals surface area contributed by atoms with Crippen molar-refractivity contribution in [3.05, 3.63) is 70.5 Å². The average molecular weight is 297 g/mol. The van der Waals surface area contributed by atoms with Gasteiger partial charge in [0.15, 0.2) is 0 Å². The first-order valence-corrected chi connectivity index (χ1v) is 6.19. The van der Waals surface area contributed by atoms with Crippen molar-refractivity contribution < 1.29 is 13.2 Å². The highest BCUT2D eigenvalue weighted by Gasteiger charge is 2.29. The van der Waals surface area contributed by atoms with Gasteiger partial charge in [0.2, 0.25) is 0 Å². The van der Waals surface area contributed by atoms with Crippen LogP contribution in [0.2, 0.25) is 5.02 Å². The Labute approximate surface area is 119 Å². The molecule has 1 aromatic heterocycles. The van der Waals surface area contributed by atoms with Crippen LogP contribution in [0.25, 0.3) is 6.08 Å². The second-order valence-electron chi connectivity index (χ2n) is 4.08. The predicted octanol–water partition coefficient (Wildman–Crippen LogP) is 4.81. The van der Waals surface area contributed by atoms with Crippen molar-refractivity contribution in [2.75, 3.05) is 0 Å². The van der Waals surface area contributed by atoms with E-state index in [1.54, 1.807) is 24.4 Å². The van der Waals surface area contributed by atoms with Crippen LogP contribution in [0.3, 0.4) is 0 Å². The lowest BCUT2D eigenvalue weighted by atomic mass is 10.1. The van der Waals surface area contributed by atoms with Crippen molar-refractivity contribution in [3.63, 3.8) is 0 Å². The molecule has 0 saturated heterocycles. The van der Waals surface area contributed by atoms with Crippen molar-refractivity contribution >= 4 is 17.7 Å². The topological polar surface area (TPSA) is 12.9 Å². The van der Waals surface area contributed by atoms with Crippen LogP contribution in [-0.2, 0) is 12.6 Å². The Morgan fingerprint density at radius 3 is 2.50 bits per heavy atom. The number of halogens is 4. The number of aromatic nitrogens is 1. The fourth-order valence-electron chi connectivity index (χ4n) is 1.61. The van der Waals surface area contributed by atoms with Crippen LogP contribution in [0, 0.1) is 6.07 Å². The summed E-state index contributed by atoms with van der Waals surface area (Å²) in [4.78, 5) is 4.09. The maximum absolute atomic E-state index is 12.4. The number of hydrogen-bond donors (Lipinski definition) is 0. The molecule has 20 heavy (non-hydrogen) atoms. The molecule has 0 spiro atoms. The van der Waals surface area contributed by atoms with E-state index in [2.05, 4.69) is 11.1 Å². The summed E-state index contributed by atoms with van der Waals surface area (Å²) in [6.07, 6.45) is 1.31. The first kappa shape index (κ1) is 14.6. The van der Waals surface area contributed by atoms with Crippen LogP contribution < -0.4 is 0 Å². The fourth-order valence-corrected chi connectivity index (χ4v) is 1.80. The number of nitrogens with zero attached hydrogens (tertiary/aromatic N) is 1. The third-order valence-corrected chi connectivity index (χ3v) is 2.96. The van der Waals surface area contributed by atoms with Crippen molar-refractivity contribution in [3.8, 4) is 0 Å². The SMILES string of the molecule is FC(F)(F)c1ccc(C=CCc2ncc[c]c2Cl)cc1. The minimum atomic E-state index is -4.31. The maximum atomic E-state index is 12.4. The lowest BCUT2D eigenvalue weighted by Gasteiger charge is -2.05. The molecule has 0 unspecified atom stereocenters. The van der Waals surface area contributed by atoms with Crippen LogP contribution in [0.4, 0.5) is 13.2 Å². The average Bonchev–Trinajstić information content (AvgIpc) is 2.40. The second-order valence-corrected chi connectivity index (χ2v) is 4.45. The molecule has 1 heterocycles. The largest absolute Gasteiger partial charge is 0.416 e. The second kappa shape index (κ2) is 6.09. The van der Waals surface area contributed by atoms with Gasteiger partial charge in [0, 0.05) is 18.7 Å². The zero-order valence-electron chi connectivity index (χ0n) is 10.3. The maximum Gasteiger partial charge on any atom is 0.416 e. The first-order chi connectivity index (χ1) is 9.47. The minimum absolute atomic E-state index is 0.449. The lowest BCUT2D eigenvalue weighted by molar-refractivity contribution is -0.137. The Bertz CT molecular complexity index is 603. The number of hydrogen-bond acceptors (Lipinski definition) is 1. The van der Waals surface area contributed by atoms with Crippen molar-refractivity contribution in [2.45, 2.75) is 12.6 Å². The third kappa shape index (κ3) is 3.84. The molecule has 0 amide bonds. The van der Waals surface area contributed by atoms with Crippen LogP contribution in [0.1, 0.15) is 16.8 Å². The van der Waals surface area contributed by atoms with E-state index in [0.29, 0.717) is 22.7 Å². The predicted molar refractivity (Wildman–Crippen MR) is 72.3 cm³/mol. The zero-order valence-corrected chi connectivity index (χ0v) is 11.0. The van der Waals surface area contributed by atoms with E-state index in [0.717, 1.165) is 12.1 Å². The molecule has 0 aliphatic carbocycles. The molecule has 0 fully saturated rings. The Kier molecular flexibility index (Phi) is 4.45. The Morgan fingerprint density at radius 2 is 1.90 bits per heavy atom. The van der Waals surface area contributed by atoms with Crippen LogP contribution in [0.5, 0.6) is 0 Å². The highest BCUT2D eigenvalue weighted by molar-refractivity contribution is 6.31. The molecule has 1 nitrogen and oxygen atoms in total. The normalized spacial score (nSPS) is 12.0. The van der Waals surface area contributed by atoms with Crippen molar-refractivity contribution in [1.29, 1.82) is 0 Å². The molecule has 2 rings (SSSR count). The summed E-state index contributed by atoms with van der Waals surface area (Å²) >= 11 is 5.90. The summed E-state index contributed by atoms with van der Waals surface area (Å²) in [7, 11) is 0. The molecule has 1 radical (unpaired) electrons. The van der Waals surface area contributed by atoms with Gasteiger partial charge >= 0.3 is 6.18 Å². The lowest BCUT2D eigenvalue weighted by Crippen LogP contribution is -2.03. The third-order valence-electron chi connectivity index (χ3n) is 2.63. The molecule has 0 saturated carbocycles. The molecule has 0 aliphatic rings. The van der Waals surface area contributed by atoms with Crippen LogP contribution in [-0.4, -0.2) is 4.98 Å². The smallest absolute Gasteiger partial charge is 0.259 e. The highest BCUT2D eigenvalue weighted by atomic mass is 35.5. The molecular weight excluding hydrogens is 287 g/mol. The van der Waals surface area contributed by atoms with E-state index in [9.17, 15) is 13.2 Å². The van der Waals surface area contributed by atoms with Crippen LogP contribution in [0.15, 0.2) is 42.6 Å². The summed E-state index contributed by atoms with van der Waals surface area (Å²) in [6, 6.07) is 9.39. The zero-order chi connectivity index (χ0) is 14.6. The van der Waals surface area contributed by atoms with Gasteiger partial charge in [-0.05, 0) is 23.8 Å².